The molecule has 0 spiro atoms. The lowest BCUT2D eigenvalue weighted by Crippen LogP contribution is -2.46. The van der Waals surface area contributed by atoms with Gasteiger partial charge in [-0.05, 0) is 26.0 Å². The van der Waals surface area contributed by atoms with E-state index in [-0.39, 0.29) is 41.8 Å². The number of carbonyl (C=O) groups excluding carboxylic acids is 1. The summed E-state index contributed by atoms with van der Waals surface area (Å²) in [6, 6.07) is 2.74. The average molecular weight is 557 g/mol. The highest BCUT2D eigenvalue weighted by Gasteiger charge is 2.34. The summed E-state index contributed by atoms with van der Waals surface area (Å²) in [5.74, 6) is 0.287. The van der Waals surface area contributed by atoms with Crippen LogP contribution >= 0.6 is 0 Å². The van der Waals surface area contributed by atoms with Crippen LogP contribution < -0.4 is 26.8 Å². The van der Waals surface area contributed by atoms with Crippen LogP contribution in [-0.2, 0) is 24.6 Å². The van der Waals surface area contributed by atoms with Gasteiger partial charge >= 0.3 is 11.9 Å². The quantitative estimate of drug-likeness (QED) is 0.360. The van der Waals surface area contributed by atoms with E-state index in [0.29, 0.717) is 11.5 Å². The van der Waals surface area contributed by atoms with E-state index in [9.17, 15) is 27.6 Å². The normalized spacial score (nSPS) is 13.6. The molecule has 4 aromatic heterocycles. The maximum atomic E-state index is 13.4. The summed E-state index contributed by atoms with van der Waals surface area (Å²) in [6.07, 6.45) is -0.963. The zero-order valence-electron chi connectivity index (χ0n) is 21.4. The van der Waals surface area contributed by atoms with E-state index in [2.05, 4.69) is 30.7 Å². The largest absolute Gasteiger partial charge is 0.433 e. The Morgan fingerprint density at radius 3 is 2.65 bits per heavy atom. The van der Waals surface area contributed by atoms with Gasteiger partial charge in [-0.25, -0.2) is 9.78 Å². The molecule has 5 rings (SSSR count). The predicted molar refractivity (Wildman–Crippen MR) is 136 cm³/mol. The van der Waals surface area contributed by atoms with Crippen molar-refractivity contribution in [3.05, 3.63) is 74.8 Å². The maximum Gasteiger partial charge on any atom is 0.433 e. The van der Waals surface area contributed by atoms with Gasteiger partial charge in [-0.3, -0.25) is 28.7 Å². The van der Waals surface area contributed by atoms with Crippen molar-refractivity contribution in [3.63, 3.8) is 0 Å². The fourth-order valence-corrected chi connectivity index (χ4v) is 4.23. The molecule has 0 radical (unpaired) electrons. The summed E-state index contributed by atoms with van der Waals surface area (Å²) in [5.41, 5.74) is -1.25. The van der Waals surface area contributed by atoms with Gasteiger partial charge in [0.25, 0.3) is 5.56 Å². The average Bonchev–Trinajstić information content (AvgIpc) is 3.55. The first-order chi connectivity index (χ1) is 18.9. The zero-order chi connectivity index (χ0) is 28.8. The van der Waals surface area contributed by atoms with E-state index < -0.39 is 35.1 Å². The molecule has 1 atom stereocenters. The summed E-state index contributed by atoms with van der Waals surface area (Å²) < 4.78 is 45.8. The third-order valence-corrected chi connectivity index (χ3v) is 6.31. The van der Waals surface area contributed by atoms with E-state index in [1.54, 1.807) is 19.9 Å². The second-order valence-electron chi connectivity index (χ2n) is 9.05. The molecule has 16 heteroatoms. The van der Waals surface area contributed by atoms with Gasteiger partial charge in [-0.15, -0.1) is 0 Å². The number of carbonyl (C=O) groups is 1. The lowest BCUT2D eigenvalue weighted by Gasteiger charge is -2.24. The summed E-state index contributed by atoms with van der Waals surface area (Å²) >= 11 is 0. The second-order valence-corrected chi connectivity index (χ2v) is 9.05. The molecule has 4 aromatic rings. The van der Waals surface area contributed by atoms with Gasteiger partial charge in [-0.1, -0.05) is 5.16 Å². The first-order valence-corrected chi connectivity index (χ1v) is 11.9. The molecule has 0 saturated carbocycles. The molecule has 1 amide bonds. The number of fused-ring (bicyclic) bond motifs is 1. The molecule has 208 valence electrons. The van der Waals surface area contributed by atoms with Crippen LogP contribution in [0.3, 0.4) is 0 Å². The van der Waals surface area contributed by atoms with Crippen molar-refractivity contribution in [2.45, 2.75) is 32.6 Å². The van der Waals surface area contributed by atoms with Crippen LogP contribution in [0, 0.1) is 6.92 Å². The summed E-state index contributed by atoms with van der Waals surface area (Å²) in [4.78, 5) is 52.6. The molecular formula is C24H22F3N9O4. The van der Waals surface area contributed by atoms with Gasteiger partial charge in [0.2, 0.25) is 5.91 Å². The first kappa shape index (κ1) is 26.6. The smallest absolute Gasteiger partial charge is 0.361 e. The Labute approximate surface area is 223 Å². The van der Waals surface area contributed by atoms with Gasteiger partial charge < -0.3 is 20.1 Å². The predicted octanol–water partition coefficient (Wildman–Crippen LogP) is 1.98. The molecule has 0 saturated heterocycles. The molecule has 5 heterocycles. The zero-order valence-corrected chi connectivity index (χ0v) is 21.4. The fraction of sp³-hybridized carbons (Fsp3) is 0.292. The number of anilines is 3. The number of hydrogen-bond acceptors (Lipinski definition) is 10. The van der Waals surface area contributed by atoms with Crippen LogP contribution in [0.4, 0.5) is 30.5 Å². The number of nitrogens with zero attached hydrogens (tertiary/aromatic N) is 7. The van der Waals surface area contributed by atoms with Crippen LogP contribution in [0.2, 0.25) is 0 Å². The number of rotatable bonds is 6. The minimum atomic E-state index is -4.58. The molecule has 0 bridgehead atoms. The molecule has 13 nitrogen and oxygen atoms in total. The minimum Gasteiger partial charge on any atom is -0.361 e. The Kier molecular flexibility index (Phi) is 6.60. The first-order valence-electron chi connectivity index (χ1n) is 11.9. The Balaban J connectivity index is 1.38. The number of alkyl halides is 3. The van der Waals surface area contributed by atoms with Crippen molar-refractivity contribution in [2.75, 3.05) is 22.2 Å². The topological polar surface area (TPSA) is 153 Å². The van der Waals surface area contributed by atoms with Crippen molar-refractivity contribution >= 4 is 23.2 Å². The van der Waals surface area contributed by atoms with E-state index in [1.807, 2.05) is 0 Å². The van der Waals surface area contributed by atoms with Crippen molar-refractivity contribution in [3.8, 4) is 11.3 Å². The molecule has 40 heavy (non-hydrogen) atoms. The second kappa shape index (κ2) is 9.94. The molecule has 1 aliphatic heterocycles. The maximum absolute atomic E-state index is 13.4. The molecule has 0 fully saturated rings. The van der Waals surface area contributed by atoms with E-state index in [4.69, 9.17) is 4.52 Å². The van der Waals surface area contributed by atoms with Gasteiger partial charge in [0.05, 0.1) is 31.3 Å². The lowest BCUT2D eigenvalue weighted by atomic mass is 10.2. The highest BCUT2D eigenvalue weighted by atomic mass is 19.4. The third-order valence-electron chi connectivity index (χ3n) is 6.31. The molecule has 0 aliphatic carbocycles. The Morgan fingerprint density at radius 2 is 2.00 bits per heavy atom. The van der Waals surface area contributed by atoms with Crippen molar-refractivity contribution in [1.82, 2.24) is 29.2 Å². The fourth-order valence-electron chi connectivity index (χ4n) is 4.23. The SMILES string of the molecule is Cc1cc(Cn2c(=O)c3c(n(C)c2=O)NCN3[C@@H](C)C(=O)Nc2cncc(-c3ccc(C(F)(F)F)nc3)n2)no1. The number of aromatic nitrogens is 6. The summed E-state index contributed by atoms with van der Waals surface area (Å²) in [7, 11) is 1.50. The number of amides is 1. The third kappa shape index (κ3) is 4.90. The summed E-state index contributed by atoms with van der Waals surface area (Å²) in [5, 5.41) is 9.45. The number of pyridine rings is 1. The van der Waals surface area contributed by atoms with Crippen LogP contribution in [0.25, 0.3) is 11.3 Å². The van der Waals surface area contributed by atoms with E-state index in [0.717, 1.165) is 16.8 Å². The van der Waals surface area contributed by atoms with Crippen LogP contribution in [0.15, 0.2) is 50.9 Å². The van der Waals surface area contributed by atoms with Crippen LogP contribution in [0.1, 0.15) is 24.1 Å². The molecule has 0 aromatic carbocycles. The monoisotopic (exact) mass is 557 g/mol. The molecular weight excluding hydrogens is 535 g/mol. The highest BCUT2D eigenvalue weighted by molar-refractivity contribution is 5.97. The van der Waals surface area contributed by atoms with E-state index >= 15 is 0 Å². The van der Waals surface area contributed by atoms with Crippen LogP contribution in [0.5, 0.6) is 0 Å². The Hall–Kier alpha value is -5.02. The lowest BCUT2D eigenvalue weighted by molar-refractivity contribution is -0.141. The van der Waals surface area contributed by atoms with E-state index in [1.165, 1.54) is 35.0 Å². The van der Waals surface area contributed by atoms with Crippen LogP contribution in [-0.4, -0.2) is 47.9 Å². The Morgan fingerprint density at radius 1 is 1.23 bits per heavy atom. The minimum absolute atomic E-state index is 0.0425. The standard InChI is InChI=1S/C24H22F3N9O4/c1-12-6-15(33-40-12)10-35-22(38)19-20(34(3)23(35)39)30-11-36(19)13(2)21(37)32-18-9-28-8-16(31-18)14-4-5-17(29-7-14)24(25,26)27/h4-9,13,30H,10-11H2,1-3H3,(H,31,32,37)/t13-/m0/s1. The van der Waals surface area contributed by atoms with Gasteiger partial charge in [0.1, 0.15) is 34.7 Å². The molecule has 2 N–H and O–H groups in total. The Bertz CT molecular complexity index is 1710. The molecule has 0 unspecified atom stereocenters. The van der Waals surface area contributed by atoms with Crippen molar-refractivity contribution in [1.29, 1.82) is 0 Å². The molecule has 1 aliphatic rings. The van der Waals surface area contributed by atoms with Crippen molar-refractivity contribution < 1.29 is 22.5 Å². The number of aryl methyl sites for hydroxylation is 1. The van der Waals surface area contributed by atoms with Crippen molar-refractivity contribution in [2.24, 2.45) is 7.05 Å². The number of hydrogen-bond donors (Lipinski definition) is 2. The van der Waals surface area contributed by atoms with Gasteiger partial charge in [-0.2, -0.15) is 13.2 Å². The van der Waals surface area contributed by atoms with Gasteiger partial charge in [0.15, 0.2) is 5.82 Å². The van der Waals surface area contributed by atoms with Gasteiger partial charge in [0, 0.05) is 24.9 Å². The highest BCUT2D eigenvalue weighted by Crippen LogP contribution is 2.29. The number of nitrogens with one attached hydrogen (secondary N) is 2. The number of halogens is 3. The summed E-state index contributed by atoms with van der Waals surface area (Å²) in [6.45, 7) is 3.21.